The van der Waals surface area contributed by atoms with Crippen LogP contribution in [0.3, 0.4) is 0 Å². The maximum Gasteiger partial charge on any atom is 0.197 e. The number of carbonyl (C=O) groups is 2. The molecule has 0 bridgehead atoms. The second kappa shape index (κ2) is 3.65. The first-order valence-corrected chi connectivity index (χ1v) is 5.97. The number of aliphatic hydroxyl groups excluding tert-OH is 1. The van der Waals surface area contributed by atoms with Gasteiger partial charge in [0.05, 0.1) is 11.2 Å². The fourth-order valence-electron chi connectivity index (χ4n) is 2.64. The van der Waals surface area contributed by atoms with Crippen LogP contribution >= 0.6 is 0 Å². The van der Waals surface area contributed by atoms with E-state index in [0.717, 1.165) is 0 Å². The number of Topliss-reactive ketones (excluding diaryl/α,β-unsaturated/α-hetero) is 2. The van der Waals surface area contributed by atoms with Crippen molar-refractivity contribution in [2.24, 2.45) is 0 Å². The van der Waals surface area contributed by atoms with Crippen LogP contribution in [0, 0.1) is 0 Å². The van der Waals surface area contributed by atoms with Gasteiger partial charge in [-0.1, -0.05) is 24.3 Å². The van der Waals surface area contributed by atoms with Crippen LogP contribution in [-0.4, -0.2) is 27.4 Å². The van der Waals surface area contributed by atoms with Crippen LogP contribution in [0.25, 0.3) is 0 Å². The molecule has 1 aromatic carbocycles. The summed E-state index contributed by atoms with van der Waals surface area (Å²) in [6.45, 7) is 1.49. The third-order valence-corrected chi connectivity index (χ3v) is 3.46. The quantitative estimate of drug-likeness (QED) is 0.744. The molecule has 2 aliphatic rings. The van der Waals surface area contributed by atoms with Crippen molar-refractivity contribution in [1.82, 2.24) is 0 Å². The number of rotatable bonds is 0. The first kappa shape index (κ1) is 11.9. The number of hydrogen-bond donors (Lipinski definition) is 2. The van der Waals surface area contributed by atoms with Crippen LogP contribution < -0.4 is 0 Å². The number of allylic oxidation sites excluding steroid dienone is 1. The molecule has 0 radical (unpaired) electrons. The van der Waals surface area contributed by atoms with Crippen LogP contribution in [0.4, 0.5) is 0 Å². The number of carbonyl (C=O) groups excluding carboxylic acids is 2. The Hall–Kier alpha value is -2.20. The summed E-state index contributed by atoms with van der Waals surface area (Å²) in [6.07, 6.45) is 1.25. The number of fused-ring (bicyclic) bond motifs is 1. The smallest absolute Gasteiger partial charge is 0.197 e. The normalized spacial score (nSPS) is 25.9. The van der Waals surface area contributed by atoms with Crippen molar-refractivity contribution < 1.29 is 19.8 Å². The van der Waals surface area contributed by atoms with E-state index >= 15 is 0 Å². The van der Waals surface area contributed by atoms with Crippen molar-refractivity contribution in [2.75, 3.05) is 0 Å². The molecule has 0 amide bonds. The fraction of sp³-hybridized carbons (Fsp3) is 0.200. The van der Waals surface area contributed by atoms with Gasteiger partial charge in [0.2, 0.25) is 0 Å². The van der Waals surface area contributed by atoms with Gasteiger partial charge in [-0.25, -0.2) is 0 Å². The molecule has 2 aliphatic carbocycles. The molecule has 3 rings (SSSR count). The SMILES string of the molecule is CC1(O)C=C(O)C2=C(C1)C(=O)c1ccccc1C2=O. The molecule has 0 fully saturated rings. The molecular formula is C15H12O4. The minimum absolute atomic E-state index is 0.0234. The molecule has 19 heavy (non-hydrogen) atoms. The van der Waals surface area contributed by atoms with Gasteiger partial charge in [-0.2, -0.15) is 0 Å². The summed E-state index contributed by atoms with van der Waals surface area (Å²) >= 11 is 0. The fourth-order valence-corrected chi connectivity index (χ4v) is 2.64. The molecule has 0 heterocycles. The lowest BCUT2D eigenvalue weighted by Crippen LogP contribution is -2.34. The van der Waals surface area contributed by atoms with E-state index in [1.807, 2.05) is 0 Å². The van der Waals surface area contributed by atoms with Crippen molar-refractivity contribution >= 4 is 11.6 Å². The zero-order valence-corrected chi connectivity index (χ0v) is 10.3. The Morgan fingerprint density at radius 2 is 1.68 bits per heavy atom. The third kappa shape index (κ3) is 1.64. The van der Waals surface area contributed by atoms with Crippen LogP contribution in [-0.2, 0) is 0 Å². The molecule has 2 N–H and O–H groups in total. The van der Waals surface area contributed by atoms with Gasteiger partial charge in [-0.3, -0.25) is 9.59 Å². The number of benzene rings is 1. The molecule has 0 saturated carbocycles. The summed E-state index contributed by atoms with van der Waals surface area (Å²) in [5.41, 5.74) is -0.473. The zero-order valence-electron chi connectivity index (χ0n) is 10.3. The molecule has 0 aliphatic heterocycles. The van der Waals surface area contributed by atoms with Crippen molar-refractivity contribution in [1.29, 1.82) is 0 Å². The van der Waals surface area contributed by atoms with E-state index in [1.54, 1.807) is 24.3 Å². The van der Waals surface area contributed by atoms with Crippen molar-refractivity contribution in [3.05, 3.63) is 58.4 Å². The van der Waals surface area contributed by atoms with Gasteiger partial charge in [0.1, 0.15) is 5.76 Å². The summed E-state index contributed by atoms with van der Waals surface area (Å²) in [5, 5.41) is 19.9. The minimum atomic E-state index is -1.31. The second-order valence-electron chi connectivity index (χ2n) is 5.12. The van der Waals surface area contributed by atoms with Crippen LogP contribution in [0.2, 0.25) is 0 Å². The highest BCUT2D eigenvalue weighted by Crippen LogP contribution is 2.38. The topological polar surface area (TPSA) is 74.6 Å². The molecule has 1 aromatic rings. The largest absolute Gasteiger partial charge is 0.507 e. The maximum absolute atomic E-state index is 12.4. The molecule has 0 spiro atoms. The average Bonchev–Trinajstić information content (AvgIpc) is 2.34. The highest BCUT2D eigenvalue weighted by atomic mass is 16.3. The number of ketones is 2. The zero-order chi connectivity index (χ0) is 13.8. The summed E-state index contributed by atoms with van der Waals surface area (Å²) in [7, 11) is 0. The second-order valence-corrected chi connectivity index (χ2v) is 5.12. The molecule has 4 nitrogen and oxygen atoms in total. The van der Waals surface area contributed by atoms with Gasteiger partial charge in [0.25, 0.3) is 0 Å². The molecule has 0 aromatic heterocycles. The highest BCUT2D eigenvalue weighted by Gasteiger charge is 2.40. The Bertz CT molecular complexity index is 677. The lowest BCUT2D eigenvalue weighted by atomic mass is 9.75. The summed E-state index contributed by atoms with van der Waals surface area (Å²) < 4.78 is 0. The van der Waals surface area contributed by atoms with Crippen molar-refractivity contribution in [3.8, 4) is 0 Å². The van der Waals surface area contributed by atoms with Gasteiger partial charge in [-0.05, 0) is 13.0 Å². The van der Waals surface area contributed by atoms with E-state index in [0.29, 0.717) is 11.1 Å². The Morgan fingerprint density at radius 3 is 2.32 bits per heavy atom. The number of hydrogen-bond acceptors (Lipinski definition) is 4. The van der Waals surface area contributed by atoms with Crippen LogP contribution in [0.15, 0.2) is 47.2 Å². The monoisotopic (exact) mass is 256 g/mol. The lowest BCUT2D eigenvalue weighted by Gasteiger charge is -2.30. The summed E-state index contributed by atoms with van der Waals surface area (Å²) in [4.78, 5) is 24.7. The molecule has 1 unspecified atom stereocenters. The molecule has 0 saturated heterocycles. The van der Waals surface area contributed by atoms with Crippen molar-refractivity contribution in [3.63, 3.8) is 0 Å². The Kier molecular flexibility index (Phi) is 2.28. The first-order valence-electron chi connectivity index (χ1n) is 5.97. The highest BCUT2D eigenvalue weighted by molar-refractivity contribution is 6.28. The minimum Gasteiger partial charge on any atom is -0.507 e. The van der Waals surface area contributed by atoms with E-state index in [4.69, 9.17) is 0 Å². The van der Waals surface area contributed by atoms with Gasteiger partial charge >= 0.3 is 0 Å². The van der Waals surface area contributed by atoms with E-state index < -0.39 is 5.60 Å². The van der Waals surface area contributed by atoms with Gasteiger partial charge < -0.3 is 10.2 Å². The average molecular weight is 256 g/mol. The van der Waals surface area contributed by atoms with Crippen molar-refractivity contribution in [2.45, 2.75) is 18.9 Å². The van der Waals surface area contributed by atoms with E-state index in [-0.39, 0.29) is 34.9 Å². The molecule has 96 valence electrons. The van der Waals surface area contributed by atoms with Crippen LogP contribution in [0.1, 0.15) is 34.1 Å². The Balaban J connectivity index is 2.24. The van der Waals surface area contributed by atoms with Gasteiger partial charge in [0.15, 0.2) is 11.6 Å². The number of aliphatic hydroxyl groups is 2. The van der Waals surface area contributed by atoms with Gasteiger partial charge in [-0.15, -0.1) is 0 Å². The lowest BCUT2D eigenvalue weighted by molar-refractivity contribution is 0.0861. The standard InChI is InChI=1S/C15H12O4/c1-15(19)6-10-12(11(16)7-15)14(18)9-5-3-2-4-8(9)13(10)17/h2-5,7,16,19H,6H2,1H3. The molecule has 4 heteroatoms. The first-order chi connectivity index (χ1) is 8.91. The maximum atomic E-state index is 12.4. The summed E-state index contributed by atoms with van der Waals surface area (Å²) in [5.74, 6) is -0.987. The Labute approximate surface area is 109 Å². The van der Waals surface area contributed by atoms with Crippen LogP contribution in [0.5, 0.6) is 0 Å². The third-order valence-electron chi connectivity index (χ3n) is 3.46. The van der Waals surface area contributed by atoms with Gasteiger partial charge in [0, 0.05) is 23.1 Å². The predicted octanol–water partition coefficient (Wildman–Crippen LogP) is 1.96. The van der Waals surface area contributed by atoms with E-state index in [9.17, 15) is 19.8 Å². The van der Waals surface area contributed by atoms with E-state index in [1.165, 1.54) is 13.0 Å². The summed E-state index contributed by atoms with van der Waals surface area (Å²) in [6, 6.07) is 6.52. The molecular weight excluding hydrogens is 244 g/mol. The Morgan fingerprint density at radius 1 is 1.11 bits per heavy atom. The predicted molar refractivity (Wildman–Crippen MR) is 68.1 cm³/mol. The molecule has 1 atom stereocenters. The van der Waals surface area contributed by atoms with E-state index in [2.05, 4.69) is 0 Å².